The Morgan fingerprint density at radius 3 is 2.75 bits per heavy atom. The van der Waals surface area contributed by atoms with Gasteiger partial charge < -0.3 is 14.2 Å². The van der Waals surface area contributed by atoms with Crippen molar-refractivity contribution in [1.82, 2.24) is 19.4 Å². The first-order valence-corrected chi connectivity index (χ1v) is 8.47. The Bertz CT molecular complexity index is 705. The summed E-state index contributed by atoms with van der Waals surface area (Å²) in [6.07, 6.45) is 4.30. The van der Waals surface area contributed by atoms with Gasteiger partial charge in [-0.1, -0.05) is 0 Å². The minimum absolute atomic E-state index is 0.0333. The summed E-state index contributed by atoms with van der Waals surface area (Å²) in [4.78, 5) is 42.7. The van der Waals surface area contributed by atoms with Crippen LogP contribution in [0.25, 0.3) is 0 Å². The van der Waals surface area contributed by atoms with Crippen LogP contribution in [0.4, 0.5) is 0 Å². The molecule has 0 aromatic carbocycles. The summed E-state index contributed by atoms with van der Waals surface area (Å²) in [5.74, 6) is -0.287. The Balaban J connectivity index is 1.79. The summed E-state index contributed by atoms with van der Waals surface area (Å²) in [5, 5.41) is 0. The van der Waals surface area contributed by atoms with E-state index in [0.717, 1.165) is 52.1 Å². The van der Waals surface area contributed by atoms with E-state index in [2.05, 4.69) is 9.88 Å². The fourth-order valence-electron chi connectivity index (χ4n) is 3.41. The quantitative estimate of drug-likeness (QED) is 0.796. The van der Waals surface area contributed by atoms with Crippen molar-refractivity contribution in [2.24, 2.45) is 7.05 Å². The highest BCUT2D eigenvalue weighted by molar-refractivity contribution is 5.93. The molecule has 1 amide bonds. The fraction of sp³-hybridized carbons (Fsp3) is 0.688. The first-order chi connectivity index (χ1) is 11.6. The SMILES string of the molecule is Cn1cc(C(=O)N2CCCC[C@@H]2CN2CCOCC2)c(=O)[nH]c1=O. The molecule has 1 N–H and O–H groups in total. The molecule has 8 nitrogen and oxygen atoms in total. The molecule has 1 aromatic rings. The smallest absolute Gasteiger partial charge is 0.328 e. The van der Waals surface area contributed by atoms with Crippen molar-refractivity contribution in [3.63, 3.8) is 0 Å². The van der Waals surface area contributed by atoms with Crippen molar-refractivity contribution in [2.75, 3.05) is 39.4 Å². The zero-order valence-electron chi connectivity index (χ0n) is 14.0. The molecule has 0 radical (unpaired) electrons. The number of aromatic amines is 1. The number of aromatic nitrogens is 2. The van der Waals surface area contributed by atoms with Crippen LogP contribution < -0.4 is 11.2 Å². The van der Waals surface area contributed by atoms with Crippen molar-refractivity contribution in [3.8, 4) is 0 Å². The molecule has 0 spiro atoms. The van der Waals surface area contributed by atoms with Gasteiger partial charge in [-0.15, -0.1) is 0 Å². The van der Waals surface area contributed by atoms with Crippen LogP contribution in [-0.2, 0) is 11.8 Å². The van der Waals surface area contributed by atoms with Gasteiger partial charge in [-0.25, -0.2) is 4.79 Å². The lowest BCUT2D eigenvalue weighted by Crippen LogP contribution is -2.52. The van der Waals surface area contributed by atoms with Crippen molar-refractivity contribution < 1.29 is 9.53 Å². The lowest BCUT2D eigenvalue weighted by atomic mass is 10.0. The molecule has 0 unspecified atom stereocenters. The number of ether oxygens (including phenoxy) is 1. The van der Waals surface area contributed by atoms with E-state index in [1.54, 1.807) is 4.90 Å². The van der Waals surface area contributed by atoms with E-state index in [1.807, 2.05) is 0 Å². The maximum Gasteiger partial charge on any atom is 0.328 e. The molecule has 2 aliphatic rings. The fourth-order valence-corrected chi connectivity index (χ4v) is 3.41. The predicted octanol–water partition coefficient (Wildman–Crippen LogP) is -0.599. The minimum Gasteiger partial charge on any atom is -0.379 e. The first-order valence-electron chi connectivity index (χ1n) is 8.47. The number of carbonyl (C=O) groups excluding carboxylic acids is 1. The summed E-state index contributed by atoms with van der Waals surface area (Å²) in [5.41, 5.74) is -1.09. The molecule has 3 heterocycles. The summed E-state index contributed by atoms with van der Waals surface area (Å²) >= 11 is 0. The van der Waals surface area contributed by atoms with Gasteiger partial charge in [0.2, 0.25) is 0 Å². The minimum atomic E-state index is -0.612. The number of rotatable bonds is 3. The highest BCUT2D eigenvalue weighted by Gasteiger charge is 2.30. The summed E-state index contributed by atoms with van der Waals surface area (Å²) in [6, 6.07) is 0.0981. The number of amides is 1. The standard InChI is InChI=1S/C16H24N4O4/c1-18-11-13(14(21)17-16(18)23)15(22)20-5-3-2-4-12(20)10-19-6-8-24-9-7-19/h11-12H,2-10H2,1H3,(H,17,21,23)/t12-/m1/s1. The maximum atomic E-state index is 12.9. The molecule has 2 fully saturated rings. The van der Waals surface area contributed by atoms with Gasteiger partial charge >= 0.3 is 5.69 Å². The number of piperidine rings is 1. The Labute approximate surface area is 140 Å². The van der Waals surface area contributed by atoms with Crippen LogP contribution in [0.3, 0.4) is 0 Å². The third-order valence-corrected chi connectivity index (χ3v) is 4.80. The highest BCUT2D eigenvalue weighted by atomic mass is 16.5. The third-order valence-electron chi connectivity index (χ3n) is 4.80. The number of likely N-dealkylation sites (tertiary alicyclic amines) is 1. The van der Waals surface area contributed by atoms with Gasteiger partial charge in [-0.3, -0.25) is 19.5 Å². The van der Waals surface area contributed by atoms with E-state index in [9.17, 15) is 14.4 Å². The number of H-pyrrole nitrogens is 1. The van der Waals surface area contributed by atoms with Gasteiger partial charge in [-0.2, -0.15) is 0 Å². The number of nitrogens with zero attached hydrogens (tertiary/aromatic N) is 3. The average molecular weight is 336 g/mol. The van der Waals surface area contributed by atoms with E-state index >= 15 is 0 Å². The third kappa shape index (κ3) is 3.59. The van der Waals surface area contributed by atoms with E-state index in [-0.39, 0.29) is 17.5 Å². The summed E-state index contributed by atoms with van der Waals surface area (Å²) in [7, 11) is 1.52. The summed E-state index contributed by atoms with van der Waals surface area (Å²) in [6.45, 7) is 4.65. The molecule has 8 heteroatoms. The summed E-state index contributed by atoms with van der Waals surface area (Å²) < 4.78 is 6.60. The molecule has 0 saturated carbocycles. The largest absolute Gasteiger partial charge is 0.379 e. The first kappa shape index (κ1) is 16.9. The Hall–Kier alpha value is -1.93. The van der Waals surface area contributed by atoms with Crippen LogP contribution in [0.15, 0.2) is 15.8 Å². The van der Waals surface area contributed by atoms with Crippen LogP contribution in [0.5, 0.6) is 0 Å². The Kier molecular flexibility index (Phi) is 5.15. The van der Waals surface area contributed by atoms with Crippen LogP contribution in [0, 0.1) is 0 Å². The number of nitrogens with one attached hydrogen (secondary N) is 1. The Morgan fingerprint density at radius 2 is 2.00 bits per heavy atom. The van der Waals surface area contributed by atoms with Crippen molar-refractivity contribution in [2.45, 2.75) is 25.3 Å². The van der Waals surface area contributed by atoms with E-state index in [4.69, 9.17) is 4.74 Å². The van der Waals surface area contributed by atoms with Gasteiger partial charge in [0, 0.05) is 45.5 Å². The van der Waals surface area contributed by atoms with Gasteiger partial charge in [0.15, 0.2) is 0 Å². The molecule has 3 rings (SSSR count). The van der Waals surface area contributed by atoms with E-state index in [0.29, 0.717) is 6.54 Å². The molecule has 132 valence electrons. The van der Waals surface area contributed by atoms with Crippen LogP contribution >= 0.6 is 0 Å². The normalized spacial score (nSPS) is 22.5. The van der Waals surface area contributed by atoms with Crippen LogP contribution in [-0.4, -0.2) is 70.7 Å². The topological polar surface area (TPSA) is 87.6 Å². The highest BCUT2D eigenvalue weighted by Crippen LogP contribution is 2.20. The van der Waals surface area contributed by atoms with Crippen LogP contribution in [0.2, 0.25) is 0 Å². The van der Waals surface area contributed by atoms with E-state index in [1.165, 1.54) is 17.8 Å². The number of hydrogen-bond acceptors (Lipinski definition) is 5. The molecule has 1 atom stereocenters. The number of hydrogen-bond donors (Lipinski definition) is 1. The average Bonchev–Trinajstić information content (AvgIpc) is 2.59. The second kappa shape index (κ2) is 7.31. The predicted molar refractivity (Wildman–Crippen MR) is 88.2 cm³/mol. The molecular weight excluding hydrogens is 312 g/mol. The van der Waals surface area contributed by atoms with Gasteiger partial charge in [0.1, 0.15) is 5.56 Å². The van der Waals surface area contributed by atoms with E-state index < -0.39 is 11.2 Å². The zero-order valence-corrected chi connectivity index (χ0v) is 14.0. The monoisotopic (exact) mass is 336 g/mol. The van der Waals surface area contributed by atoms with Gasteiger partial charge in [-0.05, 0) is 19.3 Å². The number of morpholine rings is 1. The van der Waals surface area contributed by atoms with Crippen molar-refractivity contribution in [3.05, 3.63) is 32.6 Å². The van der Waals surface area contributed by atoms with Crippen molar-refractivity contribution >= 4 is 5.91 Å². The molecule has 0 aliphatic carbocycles. The lowest BCUT2D eigenvalue weighted by molar-refractivity contribution is 0.0165. The lowest BCUT2D eigenvalue weighted by Gasteiger charge is -2.39. The number of carbonyl (C=O) groups is 1. The Morgan fingerprint density at radius 1 is 1.25 bits per heavy atom. The molecule has 24 heavy (non-hydrogen) atoms. The molecule has 2 saturated heterocycles. The molecule has 0 bridgehead atoms. The van der Waals surface area contributed by atoms with Gasteiger partial charge in [0.05, 0.1) is 13.2 Å². The molecule has 2 aliphatic heterocycles. The zero-order chi connectivity index (χ0) is 17.1. The maximum absolute atomic E-state index is 12.9. The van der Waals surface area contributed by atoms with Crippen LogP contribution in [0.1, 0.15) is 29.6 Å². The number of aryl methyl sites for hydroxylation is 1. The van der Waals surface area contributed by atoms with Crippen molar-refractivity contribution in [1.29, 1.82) is 0 Å². The second-order valence-corrected chi connectivity index (χ2v) is 6.47. The molecular formula is C16H24N4O4. The van der Waals surface area contributed by atoms with Gasteiger partial charge in [0.25, 0.3) is 11.5 Å². The molecule has 1 aromatic heterocycles. The second-order valence-electron chi connectivity index (χ2n) is 6.47.